The van der Waals surface area contributed by atoms with E-state index < -0.39 is 0 Å². The van der Waals surface area contributed by atoms with Crippen molar-refractivity contribution in [2.24, 2.45) is 5.92 Å². The zero-order chi connectivity index (χ0) is 17.4. The first-order valence-corrected chi connectivity index (χ1v) is 8.79. The lowest BCUT2D eigenvalue weighted by Gasteiger charge is -2.07. The highest BCUT2D eigenvalue weighted by Gasteiger charge is 2.29. The summed E-state index contributed by atoms with van der Waals surface area (Å²) < 4.78 is 6.51. The first kappa shape index (κ1) is 15.9. The van der Waals surface area contributed by atoms with Gasteiger partial charge in [0.05, 0.1) is 0 Å². The molecule has 2 amide bonds. The lowest BCUT2D eigenvalue weighted by Crippen LogP contribution is -2.14. The Kier molecular flexibility index (Phi) is 4.05. The Labute approximate surface area is 152 Å². The topological polar surface area (TPSA) is 71.3 Å². The summed E-state index contributed by atoms with van der Waals surface area (Å²) in [4.78, 5) is 24.3. The van der Waals surface area contributed by atoms with E-state index in [1.165, 1.54) is 0 Å². The number of fused-ring (bicyclic) bond motifs is 1. The SMILES string of the molecule is O=C(Nc1cccc(NC(=O)C2CC2)c1)c1cc2cc(Br)ccc2o1. The molecule has 0 unspecified atom stereocenters. The molecule has 0 aliphatic heterocycles. The van der Waals surface area contributed by atoms with Crippen LogP contribution in [0.25, 0.3) is 11.0 Å². The van der Waals surface area contributed by atoms with E-state index >= 15 is 0 Å². The van der Waals surface area contributed by atoms with E-state index in [4.69, 9.17) is 4.42 Å². The molecule has 0 spiro atoms. The number of nitrogens with one attached hydrogen (secondary N) is 2. The molecule has 4 rings (SSSR count). The number of carbonyl (C=O) groups excluding carboxylic acids is 2. The van der Waals surface area contributed by atoms with Crippen LogP contribution in [-0.4, -0.2) is 11.8 Å². The second-order valence-corrected chi connectivity index (χ2v) is 7.01. The predicted molar refractivity (Wildman–Crippen MR) is 99.7 cm³/mol. The van der Waals surface area contributed by atoms with Gasteiger partial charge in [0.2, 0.25) is 5.91 Å². The fourth-order valence-electron chi connectivity index (χ4n) is 2.58. The number of furan rings is 1. The van der Waals surface area contributed by atoms with Gasteiger partial charge in [0.25, 0.3) is 5.91 Å². The molecule has 1 saturated carbocycles. The predicted octanol–water partition coefficient (Wildman–Crippen LogP) is 4.80. The van der Waals surface area contributed by atoms with Crippen molar-refractivity contribution >= 4 is 50.1 Å². The number of hydrogen-bond acceptors (Lipinski definition) is 3. The third kappa shape index (κ3) is 3.58. The highest BCUT2D eigenvalue weighted by molar-refractivity contribution is 9.10. The third-order valence-corrected chi connectivity index (χ3v) is 4.53. The van der Waals surface area contributed by atoms with Crippen molar-refractivity contribution in [1.29, 1.82) is 0 Å². The van der Waals surface area contributed by atoms with Crippen LogP contribution in [0.5, 0.6) is 0 Å². The first-order chi connectivity index (χ1) is 12.1. The minimum atomic E-state index is -0.335. The van der Waals surface area contributed by atoms with Crippen molar-refractivity contribution in [2.75, 3.05) is 10.6 Å². The van der Waals surface area contributed by atoms with Crippen LogP contribution in [0, 0.1) is 5.92 Å². The molecule has 25 heavy (non-hydrogen) atoms. The Morgan fingerprint density at radius 1 is 1.00 bits per heavy atom. The zero-order valence-corrected chi connectivity index (χ0v) is 14.8. The molecule has 0 radical (unpaired) electrons. The van der Waals surface area contributed by atoms with E-state index in [9.17, 15) is 9.59 Å². The molecule has 1 aliphatic carbocycles. The largest absolute Gasteiger partial charge is 0.451 e. The Hall–Kier alpha value is -2.60. The number of carbonyl (C=O) groups is 2. The maximum absolute atomic E-state index is 12.4. The molecule has 6 heteroatoms. The summed E-state index contributed by atoms with van der Waals surface area (Å²) in [5, 5.41) is 6.51. The molecule has 0 saturated heterocycles. The van der Waals surface area contributed by atoms with Crippen LogP contribution in [0.4, 0.5) is 11.4 Å². The molecular formula is C19H15BrN2O3. The molecule has 2 N–H and O–H groups in total. The van der Waals surface area contributed by atoms with Gasteiger partial charge in [-0.2, -0.15) is 0 Å². The van der Waals surface area contributed by atoms with Crippen molar-refractivity contribution in [3.8, 4) is 0 Å². The van der Waals surface area contributed by atoms with Gasteiger partial charge < -0.3 is 15.1 Å². The lowest BCUT2D eigenvalue weighted by atomic mass is 10.2. The molecule has 126 valence electrons. The summed E-state index contributed by atoms with van der Waals surface area (Å²) in [6, 6.07) is 14.4. The number of anilines is 2. The van der Waals surface area contributed by atoms with Crippen molar-refractivity contribution in [3.05, 3.63) is 58.8 Å². The fraction of sp³-hybridized carbons (Fsp3) is 0.158. The standard InChI is InChI=1S/C19H15BrN2O3/c20-13-6-7-16-12(8-13)9-17(25-16)19(24)22-15-3-1-2-14(10-15)21-18(23)11-4-5-11/h1-3,6-11H,4-5H2,(H,21,23)(H,22,24). The van der Waals surface area contributed by atoms with Crippen molar-refractivity contribution in [3.63, 3.8) is 0 Å². The van der Waals surface area contributed by atoms with Crippen molar-refractivity contribution < 1.29 is 14.0 Å². The summed E-state index contributed by atoms with van der Waals surface area (Å²) >= 11 is 3.40. The van der Waals surface area contributed by atoms with Gasteiger partial charge in [-0.05, 0) is 55.3 Å². The number of rotatable bonds is 4. The van der Waals surface area contributed by atoms with Crippen LogP contribution in [0.15, 0.2) is 57.4 Å². The maximum Gasteiger partial charge on any atom is 0.291 e. The van der Waals surface area contributed by atoms with Gasteiger partial charge in [0.1, 0.15) is 5.58 Å². The van der Waals surface area contributed by atoms with E-state index in [1.807, 2.05) is 18.2 Å². The van der Waals surface area contributed by atoms with Gasteiger partial charge in [-0.25, -0.2) is 0 Å². The van der Waals surface area contributed by atoms with Gasteiger partial charge in [0, 0.05) is 27.2 Å². The van der Waals surface area contributed by atoms with E-state index in [-0.39, 0.29) is 23.5 Å². The van der Waals surface area contributed by atoms with Gasteiger partial charge in [-0.1, -0.05) is 22.0 Å². The van der Waals surface area contributed by atoms with Crippen LogP contribution < -0.4 is 10.6 Å². The molecule has 1 aromatic heterocycles. The average Bonchev–Trinajstić information content (AvgIpc) is 3.35. The summed E-state index contributed by atoms with van der Waals surface area (Å²) in [6.07, 6.45) is 1.90. The second-order valence-electron chi connectivity index (χ2n) is 6.09. The highest BCUT2D eigenvalue weighted by Crippen LogP contribution is 2.30. The summed E-state index contributed by atoms with van der Waals surface area (Å²) in [5.74, 6) is 0.0676. The van der Waals surface area contributed by atoms with Gasteiger partial charge in [-0.15, -0.1) is 0 Å². The van der Waals surface area contributed by atoms with Crippen LogP contribution in [0.3, 0.4) is 0 Å². The molecule has 0 bridgehead atoms. The first-order valence-electron chi connectivity index (χ1n) is 8.00. The van der Waals surface area contributed by atoms with Crippen molar-refractivity contribution in [1.82, 2.24) is 0 Å². The Balaban J connectivity index is 1.50. The highest BCUT2D eigenvalue weighted by atomic mass is 79.9. The van der Waals surface area contributed by atoms with E-state index in [2.05, 4.69) is 26.6 Å². The van der Waals surface area contributed by atoms with E-state index in [0.29, 0.717) is 17.0 Å². The summed E-state index contributed by atoms with van der Waals surface area (Å²) in [5.41, 5.74) is 1.92. The van der Waals surface area contributed by atoms with Crippen LogP contribution in [0.1, 0.15) is 23.4 Å². The van der Waals surface area contributed by atoms with Crippen LogP contribution in [0.2, 0.25) is 0 Å². The van der Waals surface area contributed by atoms with Crippen LogP contribution in [-0.2, 0) is 4.79 Å². The molecule has 3 aromatic rings. The molecule has 0 atom stereocenters. The molecule has 5 nitrogen and oxygen atoms in total. The average molecular weight is 399 g/mol. The number of benzene rings is 2. The molecule has 1 aliphatic rings. The zero-order valence-electron chi connectivity index (χ0n) is 13.2. The summed E-state index contributed by atoms with van der Waals surface area (Å²) in [7, 11) is 0. The fourth-order valence-corrected chi connectivity index (χ4v) is 2.96. The van der Waals surface area contributed by atoms with Gasteiger partial charge >= 0.3 is 0 Å². The molecular weight excluding hydrogens is 384 g/mol. The van der Waals surface area contributed by atoms with E-state index in [0.717, 1.165) is 22.7 Å². The minimum absolute atomic E-state index is 0.0336. The number of amides is 2. The second kappa shape index (κ2) is 6.37. The lowest BCUT2D eigenvalue weighted by molar-refractivity contribution is -0.117. The molecule has 1 fully saturated rings. The third-order valence-electron chi connectivity index (χ3n) is 4.04. The summed E-state index contributed by atoms with van der Waals surface area (Å²) in [6.45, 7) is 0. The molecule has 1 heterocycles. The molecule has 2 aromatic carbocycles. The Morgan fingerprint density at radius 3 is 2.52 bits per heavy atom. The number of hydrogen-bond donors (Lipinski definition) is 2. The van der Waals surface area contributed by atoms with Crippen molar-refractivity contribution in [2.45, 2.75) is 12.8 Å². The normalized spacial score (nSPS) is 13.6. The smallest absolute Gasteiger partial charge is 0.291 e. The van der Waals surface area contributed by atoms with E-state index in [1.54, 1.807) is 30.3 Å². The van der Waals surface area contributed by atoms with Crippen LogP contribution >= 0.6 is 15.9 Å². The van der Waals surface area contributed by atoms with Gasteiger partial charge in [-0.3, -0.25) is 9.59 Å². The quantitative estimate of drug-likeness (QED) is 0.662. The Bertz CT molecular complexity index is 976. The maximum atomic E-state index is 12.4. The minimum Gasteiger partial charge on any atom is -0.451 e. The Morgan fingerprint density at radius 2 is 1.76 bits per heavy atom. The number of halogens is 1. The van der Waals surface area contributed by atoms with Gasteiger partial charge in [0.15, 0.2) is 5.76 Å². The monoisotopic (exact) mass is 398 g/mol.